The molecule has 0 heterocycles. The molecule has 0 aromatic heterocycles. The Labute approximate surface area is 56.6 Å². The van der Waals surface area contributed by atoms with Crippen molar-refractivity contribution in [1.29, 1.82) is 0 Å². The van der Waals surface area contributed by atoms with Gasteiger partial charge in [-0.05, 0) is 18.9 Å². The van der Waals surface area contributed by atoms with Crippen LogP contribution in [0.15, 0.2) is 12.0 Å². The lowest BCUT2D eigenvalue weighted by atomic mass is 10.4. The van der Waals surface area contributed by atoms with E-state index in [2.05, 4.69) is 12.2 Å². The maximum absolute atomic E-state index is 8.93. The van der Waals surface area contributed by atoms with Crippen LogP contribution < -0.4 is 5.32 Å². The fourth-order valence-corrected chi connectivity index (χ4v) is 0.519. The van der Waals surface area contributed by atoms with Crippen molar-refractivity contribution in [1.82, 2.24) is 5.32 Å². The van der Waals surface area contributed by atoms with E-state index in [9.17, 15) is 0 Å². The molecule has 2 nitrogen and oxygen atoms in total. The molecule has 0 saturated heterocycles. The third kappa shape index (κ3) is 5.21. The van der Waals surface area contributed by atoms with Gasteiger partial charge in [-0.25, -0.2) is 0 Å². The van der Waals surface area contributed by atoms with Crippen molar-refractivity contribution in [3.63, 3.8) is 0 Å². The van der Waals surface area contributed by atoms with Crippen LogP contribution in [0.5, 0.6) is 0 Å². The number of allylic oxidation sites excluding steroid dienone is 1. The predicted molar refractivity (Wildman–Crippen MR) is 39.3 cm³/mol. The highest BCUT2D eigenvalue weighted by Gasteiger charge is 1.84. The third-order valence-corrected chi connectivity index (χ3v) is 0.954. The van der Waals surface area contributed by atoms with Crippen molar-refractivity contribution in [2.24, 2.45) is 0 Å². The maximum atomic E-state index is 8.93. The van der Waals surface area contributed by atoms with Gasteiger partial charge in [-0.15, -0.1) is 0 Å². The molecule has 0 saturated carbocycles. The number of hydrogen-bond acceptors (Lipinski definition) is 2. The second-order valence-electron chi connectivity index (χ2n) is 1.92. The van der Waals surface area contributed by atoms with Crippen molar-refractivity contribution in [2.45, 2.75) is 26.7 Å². The fourth-order valence-electron chi connectivity index (χ4n) is 0.519. The lowest BCUT2D eigenvalue weighted by Gasteiger charge is -2.00. The zero-order valence-electron chi connectivity index (χ0n) is 6.15. The van der Waals surface area contributed by atoms with Gasteiger partial charge in [0.05, 0.1) is 0 Å². The summed E-state index contributed by atoms with van der Waals surface area (Å²) < 4.78 is 0. The average molecular weight is 129 g/mol. The molecule has 0 amide bonds. The van der Waals surface area contributed by atoms with E-state index in [4.69, 9.17) is 5.11 Å². The van der Waals surface area contributed by atoms with Crippen molar-refractivity contribution in [2.75, 3.05) is 6.54 Å². The van der Waals surface area contributed by atoms with E-state index < -0.39 is 0 Å². The van der Waals surface area contributed by atoms with Gasteiger partial charge in [0.1, 0.15) is 0 Å². The van der Waals surface area contributed by atoms with Crippen LogP contribution in [0.1, 0.15) is 26.7 Å². The average Bonchev–Trinajstić information content (AvgIpc) is 1.85. The highest BCUT2D eigenvalue weighted by molar-refractivity contribution is 4.86. The van der Waals surface area contributed by atoms with Crippen LogP contribution in [0.3, 0.4) is 0 Å². The molecule has 0 spiro atoms. The van der Waals surface area contributed by atoms with Crippen LogP contribution in [0.4, 0.5) is 0 Å². The fraction of sp³-hybridized carbons (Fsp3) is 0.714. The van der Waals surface area contributed by atoms with Crippen molar-refractivity contribution in [3.05, 3.63) is 12.0 Å². The minimum Gasteiger partial charge on any atom is -0.495 e. The molecule has 0 radical (unpaired) electrons. The van der Waals surface area contributed by atoms with Crippen LogP contribution in [-0.2, 0) is 0 Å². The van der Waals surface area contributed by atoms with E-state index in [-0.39, 0.29) is 0 Å². The summed E-state index contributed by atoms with van der Waals surface area (Å²) in [6, 6.07) is 0. The summed E-state index contributed by atoms with van der Waals surface area (Å²) in [6.45, 7) is 4.90. The zero-order valence-corrected chi connectivity index (χ0v) is 6.15. The van der Waals surface area contributed by atoms with Gasteiger partial charge >= 0.3 is 0 Å². The molecule has 0 bridgehead atoms. The van der Waals surface area contributed by atoms with Crippen molar-refractivity contribution in [3.8, 4) is 0 Å². The van der Waals surface area contributed by atoms with E-state index in [1.54, 1.807) is 6.08 Å². The van der Waals surface area contributed by atoms with Crippen LogP contribution >= 0.6 is 0 Å². The van der Waals surface area contributed by atoms with Crippen LogP contribution in [0, 0.1) is 0 Å². The Kier molecular flexibility index (Phi) is 5.07. The first-order chi connectivity index (χ1) is 4.31. The van der Waals surface area contributed by atoms with E-state index >= 15 is 0 Å². The Balaban J connectivity index is 3.25. The molecular weight excluding hydrogens is 114 g/mol. The summed E-state index contributed by atoms with van der Waals surface area (Å²) in [5, 5.41) is 11.8. The molecule has 0 aromatic carbocycles. The smallest absolute Gasteiger partial charge is 0.179 e. The van der Waals surface area contributed by atoms with E-state index in [1.165, 1.54) is 0 Å². The first-order valence-corrected chi connectivity index (χ1v) is 3.44. The Hall–Kier alpha value is -0.660. The van der Waals surface area contributed by atoms with Crippen molar-refractivity contribution < 1.29 is 5.11 Å². The number of hydrogen-bond donors (Lipinski definition) is 2. The topological polar surface area (TPSA) is 32.3 Å². The molecular formula is C7H15NO. The molecule has 0 aromatic rings. The zero-order chi connectivity index (χ0) is 7.11. The second-order valence-corrected chi connectivity index (χ2v) is 1.92. The summed E-state index contributed by atoms with van der Waals surface area (Å²) in [5.74, 6) is 0.305. The normalized spacial score (nSPS) is 11.6. The Morgan fingerprint density at radius 2 is 2.22 bits per heavy atom. The van der Waals surface area contributed by atoms with Crippen molar-refractivity contribution >= 4 is 0 Å². The Morgan fingerprint density at radius 3 is 2.67 bits per heavy atom. The number of rotatable bonds is 4. The molecule has 0 aliphatic rings. The standard InChI is InChI=1S/C7H15NO/c1-3-5-7(9)8-6-4-2/h5,8-9H,3-4,6H2,1-2H3/b7-5+. The molecule has 2 N–H and O–H groups in total. The minimum absolute atomic E-state index is 0.305. The monoisotopic (exact) mass is 129 g/mol. The highest BCUT2D eigenvalue weighted by atomic mass is 16.3. The lowest BCUT2D eigenvalue weighted by Crippen LogP contribution is -2.13. The van der Waals surface area contributed by atoms with E-state index in [0.29, 0.717) is 5.88 Å². The maximum Gasteiger partial charge on any atom is 0.179 e. The predicted octanol–water partition coefficient (Wildman–Crippen LogP) is 1.80. The highest BCUT2D eigenvalue weighted by Crippen LogP contribution is 1.85. The van der Waals surface area contributed by atoms with Gasteiger partial charge in [-0.1, -0.05) is 13.8 Å². The second kappa shape index (κ2) is 5.48. The van der Waals surface area contributed by atoms with E-state index in [0.717, 1.165) is 19.4 Å². The molecule has 0 aliphatic heterocycles. The Bertz CT molecular complexity index is 88.9. The molecule has 0 atom stereocenters. The quantitative estimate of drug-likeness (QED) is 0.567. The first-order valence-electron chi connectivity index (χ1n) is 3.44. The summed E-state index contributed by atoms with van der Waals surface area (Å²) in [5.41, 5.74) is 0. The van der Waals surface area contributed by atoms with Gasteiger partial charge in [0.25, 0.3) is 0 Å². The molecule has 0 rings (SSSR count). The van der Waals surface area contributed by atoms with E-state index in [1.807, 2.05) is 6.92 Å². The van der Waals surface area contributed by atoms with Gasteiger partial charge in [0.15, 0.2) is 5.88 Å². The number of nitrogens with one attached hydrogen (secondary N) is 1. The lowest BCUT2D eigenvalue weighted by molar-refractivity contribution is 0.361. The molecule has 0 unspecified atom stereocenters. The molecule has 0 aliphatic carbocycles. The summed E-state index contributed by atoms with van der Waals surface area (Å²) in [7, 11) is 0. The largest absolute Gasteiger partial charge is 0.495 e. The molecule has 2 heteroatoms. The molecule has 9 heavy (non-hydrogen) atoms. The van der Waals surface area contributed by atoms with Crippen LogP contribution in [0.2, 0.25) is 0 Å². The Morgan fingerprint density at radius 1 is 1.56 bits per heavy atom. The van der Waals surface area contributed by atoms with Gasteiger partial charge in [0.2, 0.25) is 0 Å². The van der Waals surface area contributed by atoms with Gasteiger partial charge < -0.3 is 10.4 Å². The molecule has 0 fully saturated rings. The van der Waals surface area contributed by atoms with Crippen LogP contribution in [-0.4, -0.2) is 11.7 Å². The summed E-state index contributed by atoms with van der Waals surface area (Å²) in [4.78, 5) is 0. The SMILES string of the molecule is CC/C=C(/O)NCCC. The summed E-state index contributed by atoms with van der Waals surface area (Å²) >= 11 is 0. The molecule has 54 valence electrons. The number of aliphatic hydroxyl groups excluding tert-OH is 1. The third-order valence-electron chi connectivity index (χ3n) is 0.954. The summed E-state index contributed by atoms with van der Waals surface area (Å²) in [6.07, 6.45) is 3.68. The van der Waals surface area contributed by atoms with Crippen LogP contribution in [0.25, 0.3) is 0 Å². The van der Waals surface area contributed by atoms with Gasteiger partial charge in [-0.2, -0.15) is 0 Å². The van der Waals surface area contributed by atoms with Gasteiger partial charge in [-0.3, -0.25) is 0 Å². The minimum atomic E-state index is 0.305. The first kappa shape index (κ1) is 8.34. The number of aliphatic hydroxyl groups is 1. The van der Waals surface area contributed by atoms with Gasteiger partial charge in [0, 0.05) is 6.54 Å².